The predicted molar refractivity (Wildman–Crippen MR) is 75.6 cm³/mol. The van der Waals surface area contributed by atoms with Crippen LogP contribution in [0.1, 0.15) is 12.5 Å². The molecule has 5 atom stereocenters. The molecule has 22 heavy (non-hydrogen) atoms. The lowest BCUT2D eigenvalue weighted by Crippen LogP contribution is -2.57. The van der Waals surface area contributed by atoms with Crippen LogP contribution in [0, 0.1) is 0 Å². The second-order valence-corrected chi connectivity index (χ2v) is 5.04. The minimum absolute atomic E-state index is 0.111. The number of aliphatic hydroxyl groups is 3. The average Bonchev–Trinajstić information content (AvgIpc) is 2.50. The molecule has 0 aromatic heterocycles. The normalized spacial score (nSPS) is 32.1. The smallest absolute Gasteiger partial charge is 0.333 e. The van der Waals surface area contributed by atoms with Crippen molar-refractivity contribution in [3.8, 4) is 5.75 Å². The number of ether oxygens (including phenoxy) is 2. The third-order valence-electron chi connectivity index (χ3n) is 3.35. The van der Waals surface area contributed by atoms with Gasteiger partial charge in [0.15, 0.2) is 0 Å². The van der Waals surface area contributed by atoms with Crippen molar-refractivity contribution in [1.29, 1.82) is 0 Å². The van der Waals surface area contributed by atoms with Gasteiger partial charge in [0.1, 0.15) is 24.1 Å². The van der Waals surface area contributed by atoms with Crippen LogP contribution in [0.15, 0.2) is 30.3 Å². The number of phenols is 1. The van der Waals surface area contributed by atoms with Crippen LogP contribution in [0.2, 0.25) is 0 Å². The molecule has 0 amide bonds. The highest BCUT2D eigenvalue weighted by Gasteiger charge is 2.43. The Bertz CT molecular complexity index is 539. The van der Waals surface area contributed by atoms with Gasteiger partial charge in [-0.1, -0.05) is 12.1 Å². The van der Waals surface area contributed by atoms with Crippen LogP contribution < -0.4 is 0 Å². The lowest BCUT2D eigenvalue weighted by Gasteiger charge is -2.38. The van der Waals surface area contributed by atoms with Crippen LogP contribution in [0.3, 0.4) is 0 Å². The summed E-state index contributed by atoms with van der Waals surface area (Å²) in [4.78, 5) is 11.7. The summed E-state index contributed by atoms with van der Waals surface area (Å²) in [5.41, 5.74) is 0.670. The number of carbonyl (C=O) groups excluding carboxylic acids is 1. The van der Waals surface area contributed by atoms with Crippen LogP contribution in [0.25, 0.3) is 6.08 Å². The molecular weight excluding hydrogens is 292 g/mol. The topological polar surface area (TPSA) is 116 Å². The third-order valence-corrected chi connectivity index (χ3v) is 3.35. The fourth-order valence-corrected chi connectivity index (χ4v) is 2.01. The van der Waals surface area contributed by atoms with Gasteiger partial charge in [-0.15, -0.1) is 0 Å². The maximum absolute atomic E-state index is 11.7. The van der Waals surface area contributed by atoms with Crippen LogP contribution >= 0.6 is 0 Å². The number of esters is 1. The monoisotopic (exact) mass is 310 g/mol. The lowest BCUT2D eigenvalue weighted by atomic mass is 10.0. The van der Waals surface area contributed by atoms with Gasteiger partial charge in [0.2, 0.25) is 6.29 Å². The van der Waals surface area contributed by atoms with Gasteiger partial charge >= 0.3 is 5.97 Å². The second-order valence-electron chi connectivity index (χ2n) is 5.04. The molecule has 1 aromatic carbocycles. The SMILES string of the molecule is C[C@H]1O[C@H](OC(=O)C=Cc2ccc(O)cc2)[C@@H](O)[C@@H](O)[C@@H]1O. The first-order valence-corrected chi connectivity index (χ1v) is 6.76. The number of rotatable bonds is 3. The number of hydrogen-bond acceptors (Lipinski definition) is 7. The molecule has 1 saturated heterocycles. The standard InChI is InChI=1S/C15H18O7/c1-8-12(18)13(19)14(20)15(21-8)22-11(17)7-4-9-2-5-10(16)6-3-9/h2-8,12-16,18-20H,1H3/t8-,12-,13+,14+,15-/m1/s1. The molecule has 1 aliphatic rings. The Kier molecular flexibility index (Phi) is 5.15. The van der Waals surface area contributed by atoms with Gasteiger partial charge < -0.3 is 29.9 Å². The van der Waals surface area contributed by atoms with Crippen molar-refractivity contribution in [2.24, 2.45) is 0 Å². The lowest BCUT2D eigenvalue weighted by molar-refractivity contribution is -0.283. The summed E-state index contributed by atoms with van der Waals surface area (Å²) in [6, 6.07) is 6.15. The summed E-state index contributed by atoms with van der Waals surface area (Å²) in [6.07, 6.45) is -3.78. The fraction of sp³-hybridized carbons (Fsp3) is 0.400. The van der Waals surface area contributed by atoms with Gasteiger partial charge in [0.05, 0.1) is 6.10 Å². The summed E-state index contributed by atoms with van der Waals surface area (Å²) in [7, 11) is 0. The van der Waals surface area contributed by atoms with Gasteiger partial charge in [-0.3, -0.25) is 0 Å². The van der Waals surface area contributed by atoms with Crippen molar-refractivity contribution in [3.05, 3.63) is 35.9 Å². The highest BCUT2D eigenvalue weighted by Crippen LogP contribution is 2.22. The third kappa shape index (κ3) is 3.83. The molecule has 7 heteroatoms. The molecule has 1 aliphatic heterocycles. The highest BCUT2D eigenvalue weighted by molar-refractivity contribution is 5.87. The zero-order chi connectivity index (χ0) is 16.3. The predicted octanol–water partition coefficient (Wildman–Crippen LogP) is -0.224. The van der Waals surface area contributed by atoms with E-state index in [2.05, 4.69) is 0 Å². The maximum atomic E-state index is 11.7. The molecule has 0 unspecified atom stereocenters. The van der Waals surface area contributed by atoms with E-state index in [1.165, 1.54) is 25.1 Å². The fourth-order valence-electron chi connectivity index (χ4n) is 2.01. The minimum atomic E-state index is -1.53. The van der Waals surface area contributed by atoms with Crippen molar-refractivity contribution in [2.75, 3.05) is 0 Å². The van der Waals surface area contributed by atoms with Crippen LogP contribution in [0.4, 0.5) is 0 Å². The van der Waals surface area contributed by atoms with Crippen molar-refractivity contribution in [3.63, 3.8) is 0 Å². The van der Waals surface area contributed by atoms with Crippen LogP contribution in [-0.4, -0.2) is 57.1 Å². The Hall–Kier alpha value is -1.93. The Morgan fingerprint density at radius 1 is 1.14 bits per heavy atom. The molecule has 4 N–H and O–H groups in total. The van der Waals surface area contributed by atoms with E-state index in [0.29, 0.717) is 5.56 Å². The molecule has 120 valence electrons. The summed E-state index contributed by atoms with van der Waals surface area (Å²) in [6.45, 7) is 1.49. The summed E-state index contributed by atoms with van der Waals surface area (Å²) in [5.74, 6) is -0.659. The molecule has 1 aromatic rings. The minimum Gasteiger partial charge on any atom is -0.508 e. The van der Waals surface area contributed by atoms with Crippen molar-refractivity contribution in [2.45, 2.75) is 37.6 Å². The van der Waals surface area contributed by atoms with E-state index in [1.54, 1.807) is 12.1 Å². The largest absolute Gasteiger partial charge is 0.508 e. The number of aromatic hydroxyl groups is 1. The molecule has 0 spiro atoms. The molecule has 0 saturated carbocycles. The van der Waals surface area contributed by atoms with E-state index in [0.717, 1.165) is 6.08 Å². The van der Waals surface area contributed by atoms with E-state index >= 15 is 0 Å². The summed E-state index contributed by atoms with van der Waals surface area (Å²) in [5, 5.41) is 38.0. The Balaban J connectivity index is 1.95. The molecular formula is C15H18O7. The van der Waals surface area contributed by atoms with E-state index in [1.807, 2.05) is 0 Å². The molecule has 0 aliphatic carbocycles. The van der Waals surface area contributed by atoms with Crippen molar-refractivity contribution >= 4 is 12.0 Å². The zero-order valence-electron chi connectivity index (χ0n) is 11.9. The van der Waals surface area contributed by atoms with Gasteiger partial charge in [-0.05, 0) is 30.7 Å². The van der Waals surface area contributed by atoms with E-state index < -0.39 is 36.7 Å². The van der Waals surface area contributed by atoms with Crippen molar-refractivity contribution < 1.29 is 34.7 Å². The first-order chi connectivity index (χ1) is 10.4. The number of carbonyl (C=O) groups is 1. The second kappa shape index (κ2) is 6.89. The number of aliphatic hydroxyl groups excluding tert-OH is 3. The quantitative estimate of drug-likeness (QED) is 0.450. The Labute approximate surface area is 127 Å². The van der Waals surface area contributed by atoms with Crippen molar-refractivity contribution in [1.82, 2.24) is 0 Å². The van der Waals surface area contributed by atoms with Gasteiger partial charge in [-0.2, -0.15) is 0 Å². The molecule has 1 fully saturated rings. The number of hydrogen-bond donors (Lipinski definition) is 4. The van der Waals surface area contributed by atoms with Crippen LogP contribution in [0.5, 0.6) is 5.75 Å². The highest BCUT2D eigenvalue weighted by atomic mass is 16.7. The first-order valence-electron chi connectivity index (χ1n) is 6.76. The van der Waals surface area contributed by atoms with Gasteiger partial charge in [-0.25, -0.2) is 4.79 Å². The Morgan fingerprint density at radius 2 is 1.77 bits per heavy atom. The van der Waals surface area contributed by atoms with Crippen LogP contribution in [-0.2, 0) is 14.3 Å². The van der Waals surface area contributed by atoms with Gasteiger partial charge in [0.25, 0.3) is 0 Å². The first kappa shape index (κ1) is 16.4. The van der Waals surface area contributed by atoms with Gasteiger partial charge in [0, 0.05) is 6.08 Å². The molecule has 1 heterocycles. The molecule has 0 radical (unpaired) electrons. The number of phenolic OH excluding ortho intramolecular Hbond substituents is 1. The summed E-state index contributed by atoms with van der Waals surface area (Å²) < 4.78 is 10.1. The maximum Gasteiger partial charge on any atom is 0.333 e. The summed E-state index contributed by atoms with van der Waals surface area (Å²) >= 11 is 0. The molecule has 2 rings (SSSR count). The van der Waals surface area contributed by atoms with E-state index in [-0.39, 0.29) is 5.75 Å². The number of benzene rings is 1. The Morgan fingerprint density at radius 3 is 2.41 bits per heavy atom. The molecule has 0 bridgehead atoms. The average molecular weight is 310 g/mol. The van der Waals surface area contributed by atoms with E-state index in [9.17, 15) is 20.1 Å². The van der Waals surface area contributed by atoms with E-state index in [4.69, 9.17) is 14.6 Å². The zero-order valence-corrected chi connectivity index (χ0v) is 11.9. The molecule has 7 nitrogen and oxygen atoms in total.